The minimum atomic E-state index is 0.0230. The SMILES string of the molecule is Oc1cc2c(cc1Br)O[C@H]1c3cccc4cccc(c34)[C@@H]21. The molecule has 5 rings (SSSR count). The predicted octanol–water partition coefficient (Wildman–Crippen LogP) is 4.89. The molecule has 2 nitrogen and oxygen atoms in total. The molecule has 0 unspecified atom stereocenters. The van der Waals surface area contributed by atoms with Crippen molar-refractivity contribution in [2.24, 2.45) is 0 Å². The van der Waals surface area contributed by atoms with Crippen molar-refractivity contribution < 1.29 is 9.84 Å². The molecule has 3 aromatic rings. The summed E-state index contributed by atoms with van der Waals surface area (Å²) >= 11 is 3.36. The number of benzene rings is 3. The van der Waals surface area contributed by atoms with Gasteiger partial charge in [-0.25, -0.2) is 0 Å². The Labute approximate surface area is 130 Å². The highest BCUT2D eigenvalue weighted by Crippen LogP contribution is 2.57. The van der Waals surface area contributed by atoms with Crippen LogP contribution in [0.25, 0.3) is 10.8 Å². The molecule has 1 aliphatic heterocycles. The molecule has 1 heterocycles. The van der Waals surface area contributed by atoms with Crippen LogP contribution >= 0.6 is 15.9 Å². The maximum atomic E-state index is 10.0. The number of fused-ring (bicyclic) bond motifs is 5. The molecule has 0 saturated carbocycles. The van der Waals surface area contributed by atoms with E-state index in [2.05, 4.69) is 52.3 Å². The minimum Gasteiger partial charge on any atom is -0.507 e. The van der Waals surface area contributed by atoms with Crippen LogP contribution in [-0.4, -0.2) is 5.11 Å². The third kappa shape index (κ3) is 1.37. The van der Waals surface area contributed by atoms with Crippen molar-refractivity contribution in [1.29, 1.82) is 0 Å². The van der Waals surface area contributed by atoms with Crippen molar-refractivity contribution in [2.45, 2.75) is 12.0 Å². The zero-order valence-corrected chi connectivity index (χ0v) is 12.6. The van der Waals surface area contributed by atoms with Gasteiger partial charge in [-0.3, -0.25) is 0 Å². The Kier molecular flexibility index (Phi) is 2.11. The Bertz CT molecular complexity index is 911. The lowest BCUT2D eigenvalue weighted by atomic mass is 9.92. The average molecular weight is 339 g/mol. The molecule has 102 valence electrons. The molecule has 0 amide bonds. The van der Waals surface area contributed by atoms with Crippen LogP contribution in [0.5, 0.6) is 11.5 Å². The van der Waals surface area contributed by atoms with Gasteiger partial charge in [0.15, 0.2) is 0 Å². The van der Waals surface area contributed by atoms with Gasteiger partial charge in [-0.15, -0.1) is 0 Å². The van der Waals surface area contributed by atoms with Gasteiger partial charge >= 0.3 is 0 Å². The summed E-state index contributed by atoms with van der Waals surface area (Å²) in [6, 6.07) is 16.5. The number of hydrogen-bond donors (Lipinski definition) is 1. The van der Waals surface area contributed by atoms with Crippen molar-refractivity contribution >= 4 is 26.7 Å². The quantitative estimate of drug-likeness (QED) is 0.632. The summed E-state index contributed by atoms with van der Waals surface area (Å²) < 4.78 is 6.87. The Hall–Kier alpha value is -2.00. The monoisotopic (exact) mass is 338 g/mol. The van der Waals surface area contributed by atoms with Gasteiger partial charge in [-0.2, -0.15) is 0 Å². The van der Waals surface area contributed by atoms with Gasteiger partial charge in [-0.05, 0) is 44.4 Å². The summed E-state index contributed by atoms with van der Waals surface area (Å²) in [5.41, 5.74) is 3.62. The number of phenols is 1. The van der Waals surface area contributed by atoms with Crippen molar-refractivity contribution in [3.05, 3.63) is 69.7 Å². The van der Waals surface area contributed by atoms with E-state index < -0.39 is 0 Å². The van der Waals surface area contributed by atoms with Crippen LogP contribution in [0.4, 0.5) is 0 Å². The summed E-state index contributed by atoms with van der Waals surface area (Å²) in [6.45, 7) is 0. The molecule has 0 fully saturated rings. The van der Waals surface area contributed by atoms with Crippen molar-refractivity contribution in [3.8, 4) is 11.5 Å². The first kappa shape index (κ1) is 11.6. The van der Waals surface area contributed by atoms with Gasteiger partial charge < -0.3 is 9.84 Å². The second kappa shape index (κ2) is 3.80. The van der Waals surface area contributed by atoms with Gasteiger partial charge in [-0.1, -0.05) is 36.4 Å². The molecule has 0 spiro atoms. The zero-order valence-electron chi connectivity index (χ0n) is 11.0. The third-order valence-electron chi connectivity index (χ3n) is 4.58. The number of ether oxygens (including phenoxy) is 1. The average Bonchev–Trinajstić information content (AvgIpc) is 2.99. The largest absolute Gasteiger partial charge is 0.507 e. The van der Waals surface area contributed by atoms with E-state index in [1.807, 2.05) is 12.1 Å². The molecule has 21 heavy (non-hydrogen) atoms. The standard InChI is InChI=1S/C18H11BrO2/c19-13-8-15-12(7-14(13)20)17-10-5-1-3-9-4-2-6-11(16(9)10)18(17)21-15/h1-8,17-18,20H/t17-,18-/m0/s1. The molecule has 1 aliphatic carbocycles. The van der Waals surface area contributed by atoms with E-state index in [1.165, 1.54) is 21.9 Å². The molecule has 3 aromatic carbocycles. The van der Waals surface area contributed by atoms with E-state index in [0.717, 1.165) is 11.3 Å². The normalized spacial score (nSPS) is 21.2. The first-order chi connectivity index (χ1) is 10.2. The maximum Gasteiger partial charge on any atom is 0.135 e. The second-order valence-electron chi connectivity index (χ2n) is 5.65. The summed E-state index contributed by atoms with van der Waals surface area (Å²) in [5.74, 6) is 1.31. The van der Waals surface area contributed by atoms with E-state index >= 15 is 0 Å². The molecular formula is C18H11BrO2. The van der Waals surface area contributed by atoms with Crippen LogP contribution in [0.15, 0.2) is 53.0 Å². The summed E-state index contributed by atoms with van der Waals surface area (Å²) in [4.78, 5) is 0. The fourth-order valence-electron chi connectivity index (χ4n) is 3.74. The molecule has 2 aliphatic rings. The number of phenolic OH excluding ortho intramolecular Hbond substituents is 1. The number of halogens is 1. The number of rotatable bonds is 0. The fraction of sp³-hybridized carbons (Fsp3) is 0.111. The van der Waals surface area contributed by atoms with Gasteiger partial charge in [0.1, 0.15) is 17.6 Å². The van der Waals surface area contributed by atoms with Gasteiger partial charge in [0.25, 0.3) is 0 Å². The fourth-order valence-corrected chi connectivity index (χ4v) is 4.06. The molecule has 0 aromatic heterocycles. The van der Waals surface area contributed by atoms with Gasteiger partial charge in [0.05, 0.1) is 10.4 Å². The Morgan fingerprint density at radius 2 is 1.71 bits per heavy atom. The smallest absolute Gasteiger partial charge is 0.135 e. The zero-order chi connectivity index (χ0) is 14.1. The third-order valence-corrected chi connectivity index (χ3v) is 5.22. The van der Waals surface area contributed by atoms with E-state index in [9.17, 15) is 5.11 Å². The number of hydrogen-bond acceptors (Lipinski definition) is 2. The van der Waals surface area contributed by atoms with Crippen LogP contribution < -0.4 is 4.74 Å². The summed E-state index contributed by atoms with van der Waals surface area (Å²) in [5, 5.41) is 12.6. The molecule has 3 heteroatoms. The highest BCUT2D eigenvalue weighted by Gasteiger charge is 2.43. The lowest BCUT2D eigenvalue weighted by Gasteiger charge is -2.11. The first-order valence-electron chi connectivity index (χ1n) is 6.94. The van der Waals surface area contributed by atoms with Crippen LogP contribution in [0.3, 0.4) is 0 Å². The molecule has 2 atom stereocenters. The minimum absolute atomic E-state index is 0.0230. The maximum absolute atomic E-state index is 10.0. The molecule has 0 radical (unpaired) electrons. The lowest BCUT2D eigenvalue weighted by molar-refractivity contribution is 0.230. The molecule has 0 bridgehead atoms. The summed E-state index contributed by atoms with van der Waals surface area (Å²) in [6.07, 6.45) is 0.0230. The van der Waals surface area contributed by atoms with Crippen LogP contribution in [-0.2, 0) is 0 Å². The lowest BCUT2D eigenvalue weighted by Crippen LogP contribution is -2.04. The Morgan fingerprint density at radius 3 is 2.52 bits per heavy atom. The number of aromatic hydroxyl groups is 1. The molecular weight excluding hydrogens is 328 g/mol. The highest BCUT2D eigenvalue weighted by atomic mass is 79.9. The van der Waals surface area contributed by atoms with Gasteiger partial charge in [0, 0.05) is 11.1 Å². The van der Waals surface area contributed by atoms with Crippen LogP contribution in [0.1, 0.15) is 28.7 Å². The molecule has 0 saturated heterocycles. The van der Waals surface area contributed by atoms with Crippen LogP contribution in [0, 0.1) is 0 Å². The highest BCUT2D eigenvalue weighted by molar-refractivity contribution is 9.10. The predicted molar refractivity (Wildman–Crippen MR) is 85.0 cm³/mol. The Morgan fingerprint density at radius 1 is 0.952 bits per heavy atom. The first-order valence-corrected chi connectivity index (χ1v) is 7.74. The van der Waals surface area contributed by atoms with E-state index in [-0.39, 0.29) is 17.8 Å². The van der Waals surface area contributed by atoms with Gasteiger partial charge in [0.2, 0.25) is 0 Å². The van der Waals surface area contributed by atoms with Crippen molar-refractivity contribution in [2.75, 3.05) is 0 Å². The van der Waals surface area contributed by atoms with Crippen molar-refractivity contribution in [1.82, 2.24) is 0 Å². The molecule has 1 N–H and O–H groups in total. The topological polar surface area (TPSA) is 29.5 Å². The second-order valence-corrected chi connectivity index (χ2v) is 6.50. The van der Waals surface area contributed by atoms with E-state index in [4.69, 9.17) is 4.74 Å². The van der Waals surface area contributed by atoms with Crippen LogP contribution in [0.2, 0.25) is 0 Å². The van der Waals surface area contributed by atoms with E-state index in [0.29, 0.717) is 4.47 Å². The summed E-state index contributed by atoms with van der Waals surface area (Å²) in [7, 11) is 0. The van der Waals surface area contributed by atoms with E-state index in [1.54, 1.807) is 0 Å². The van der Waals surface area contributed by atoms with Crippen molar-refractivity contribution in [3.63, 3.8) is 0 Å². The Balaban J connectivity index is 1.84.